The maximum Gasteiger partial charge on any atom is 0.185 e. The van der Waals surface area contributed by atoms with Gasteiger partial charge in [0.2, 0.25) is 0 Å². The number of aromatic hydroxyl groups is 1. The van der Waals surface area contributed by atoms with Crippen molar-refractivity contribution in [1.29, 1.82) is 0 Å². The molecule has 2 rings (SSSR count). The van der Waals surface area contributed by atoms with Crippen LogP contribution in [0.4, 0.5) is 0 Å². The van der Waals surface area contributed by atoms with Crippen LogP contribution in [-0.2, 0) is 6.42 Å². The van der Waals surface area contributed by atoms with Crippen molar-refractivity contribution in [3.63, 3.8) is 0 Å². The zero-order valence-electron chi connectivity index (χ0n) is 16.9. The molecule has 2 aromatic carbocycles. The zero-order valence-corrected chi connectivity index (χ0v) is 16.9. The van der Waals surface area contributed by atoms with Crippen LogP contribution in [0.2, 0.25) is 0 Å². The van der Waals surface area contributed by atoms with Gasteiger partial charge >= 0.3 is 0 Å². The highest BCUT2D eigenvalue weighted by atomic mass is 16.5. The Morgan fingerprint density at radius 3 is 2.25 bits per heavy atom. The van der Waals surface area contributed by atoms with Gasteiger partial charge in [0.05, 0.1) is 17.8 Å². The summed E-state index contributed by atoms with van der Waals surface area (Å²) in [5, 5.41) is 9.40. The van der Waals surface area contributed by atoms with Crippen LogP contribution in [-0.4, -0.2) is 23.1 Å². The summed E-state index contributed by atoms with van der Waals surface area (Å²) in [6.07, 6.45) is 5.66. The molecule has 0 saturated heterocycles. The fourth-order valence-corrected chi connectivity index (χ4v) is 2.71. The largest absolute Gasteiger partial charge is 0.508 e. The van der Waals surface area contributed by atoms with Gasteiger partial charge in [0, 0.05) is 5.56 Å². The van der Waals surface area contributed by atoms with E-state index in [0.29, 0.717) is 23.5 Å². The van der Waals surface area contributed by atoms with Crippen LogP contribution >= 0.6 is 0 Å². The number of phenolic OH excluding ortho intramolecular Hbond substituents is 1. The molecule has 1 N–H and O–H groups in total. The summed E-state index contributed by atoms with van der Waals surface area (Å²) in [6, 6.07) is 10.0. The highest BCUT2D eigenvalue weighted by molar-refractivity contribution is 6.07. The summed E-state index contributed by atoms with van der Waals surface area (Å²) < 4.78 is 12.0. The minimum atomic E-state index is -0.167. The molecule has 0 radical (unpaired) electrons. The Balaban J connectivity index is 2.49. The summed E-state index contributed by atoms with van der Waals surface area (Å²) in [7, 11) is 0. The lowest BCUT2D eigenvalue weighted by Crippen LogP contribution is -2.12. The molecule has 0 spiro atoms. The fourth-order valence-electron chi connectivity index (χ4n) is 2.71. The van der Waals surface area contributed by atoms with Crippen molar-refractivity contribution < 1.29 is 19.4 Å². The molecule has 0 atom stereocenters. The Labute approximate surface area is 167 Å². The molecule has 0 aliphatic carbocycles. The number of allylic oxidation sites excluding steroid dienone is 2. The van der Waals surface area contributed by atoms with E-state index in [1.807, 2.05) is 45.9 Å². The number of carbonyl (C=O) groups excluding carboxylic acids is 1. The molecule has 0 aromatic heterocycles. The topological polar surface area (TPSA) is 55.8 Å². The maximum atomic E-state index is 12.5. The third-order valence-electron chi connectivity index (χ3n) is 3.87. The van der Waals surface area contributed by atoms with Crippen molar-refractivity contribution in [2.45, 2.75) is 46.3 Å². The van der Waals surface area contributed by atoms with Gasteiger partial charge in [-0.3, -0.25) is 4.79 Å². The Morgan fingerprint density at radius 2 is 1.68 bits per heavy atom. The van der Waals surface area contributed by atoms with E-state index in [1.54, 1.807) is 18.2 Å². The summed E-state index contributed by atoms with van der Waals surface area (Å²) >= 11 is 0. The molecule has 0 fully saturated rings. The van der Waals surface area contributed by atoms with Gasteiger partial charge in [-0.2, -0.15) is 0 Å². The predicted octanol–water partition coefficient (Wildman–Crippen LogP) is 5.59. The molecule has 0 bridgehead atoms. The lowest BCUT2D eigenvalue weighted by molar-refractivity contribution is 0.104. The second-order valence-electron chi connectivity index (χ2n) is 7.04. The molecular weight excluding hydrogens is 352 g/mol. The molecule has 0 aliphatic heterocycles. The predicted molar refractivity (Wildman–Crippen MR) is 113 cm³/mol. The first kappa shape index (κ1) is 21.3. The first-order valence-corrected chi connectivity index (χ1v) is 9.43. The number of hydrogen-bond acceptors (Lipinski definition) is 4. The second-order valence-corrected chi connectivity index (χ2v) is 7.04. The molecule has 0 amide bonds. The van der Waals surface area contributed by atoms with E-state index in [4.69, 9.17) is 9.47 Å². The van der Waals surface area contributed by atoms with Crippen LogP contribution in [0.5, 0.6) is 17.2 Å². The number of rotatable bonds is 9. The normalized spacial score (nSPS) is 11.2. The fraction of sp³-hybridized carbons (Fsp3) is 0.292. The smallest absolute Gasteiger partial charge is 0.185 e. The monoisotopic (exact) mass is 380 g/mol. The van der Waals surface area contributed by atoms with Gasteiger partial charge in [-0.05, 0) is 82.2 Å². The number of phenols is 1. The van der Waals surface area contributed by atoms with Gasteiger partial charge in [-0.15, -0.1) is 6.58 Å². The van der Waals surface area contributed by atoms with E-state index in [0.717, 1.165) is 11.1 Å². The first-order chi connectivity index (χ1) is 13.3. The molecule has 0 saturated carbocycles. The van der Waals surface area contributed by atoms with Gasteiger partial charge in [-0.1, -0.05) is 12.1 Å². The number of carbonyl (C=O) groups is 1. The minimum Gasteiger partial charge on any atom is -0.508 e. The molecule has 0 heterocycles. The highest BCUT2D eigenvalue weighted by Gasteiger charge is 2.16. The second kappa shape index (κ2) is 9.79. The molecular formula is C24H28O4. The Morgan fingerprint density at radius 1 is 1.04 bits per heavy atom. The van der Waals surface area contributed by atoms with E-state index in [9.17, 15) is 9.90 Å². The Kier molecular flexibility index (Phi) is 7.44. The van der Waals surface area contributed by atoms with Crippen LogP contribution in [0.1, 0.15) is 49.2 Å². The Bertz CT molecular complexity index is 846. The van der Waals surface area contributed by atoms with Crippen molar-refractivity contribution in [3.05, 3.63) is 71.8 Å². The average Bonchev–Trinajstić information content (AvgIpc) is 2.63. The summed E-state index contributed by atoms with van der Waals surface area (Å²) in [4.78, 5) is 12.5. The SMILES string of the molecule is C=CCc1ccc(OC(C)C)c(/C=C/C(=O)c2ccc(O)cc2)c1OC(C)C. The van der Waals surface area contributed by atoms with Crippen LogP contribution in [0.3, 0.4) is 0 Å². The lowest BCUT2D eigenvalue weighted by atomic mass is 10.0. The van der Waals surface area contributed by atoms with Crippen LogP contribution < -0.4 is 9.47 Å². The minimum absolute atomic E-state index is 0.0166. The van der Waals surface area contributed by atoms with E-state index < -0.39 is 0 Å². The quantitative estimate of drug-likeness (QED) is 0.350. The lowest BCUT2D eigenvalue weighted by Gasteiger charge is -2.20. The van der Waals surface area contributed by atoms with Crippen molar-refractivity contribution >= 4 is 11.9 Å². The summed E-state index contributed by atoms with van der Waals surface area (Å²) in [5.41, 5.74) is 2.21. The average molecular weight is 380 g/mol. The van der Waals surface area contributed by atoms with Gasteiger partial charge in [0.15, 0.2) is 5.78 Å². The van der Waals surface area contributed by atoms with Gasteiger partial charge < -0.3 is 14.6 Å². The summed E-state index contributed by atoms with van der Waals surface area (Å²) in [5.74, 6) is 1.31. The van der Waals surface area contributed by atoms with Gasteiger partial charge in [0.1, 0.15) is 17.2 Å². The van der Waals surface area contributed by atoms with Crippen LogP contribution in [0.25, 0.3) is 6.08 Å². The first-order valence-electron chi connectivity index (χ1n) is 9.43. The standard InChI is InChI=1S/C24H28O4/c1-6-7-19-10-15-23(27-16(2)3)21(24(19)28-17(4)5)13-14-22(26)18-8-11-20(25)12-9-18/h6,8-17,25H,1,7H2,2-5H3/b14-13+. The van der Waals surface area contributed by atoms with Crippen molar-refractivity contribution in [1.82, 2.24) is 0 Å². The number of ketones is 1. The van der Waals surface area contributed by atoms with Crippen LogP contribution in [0, 0.1) is 0 Å². The molecule has 148 valence electrons. The third kappa shape index (κ3) is 5.74. The van der Waals surface area contributed by atoms with Crippen molar-refractivity contribution in [2.75, 3.05) is 0 Å². The number of benzene rings is 2. The third-order valence-corrected chi connectivity index (χ3v) is 3.87. The van der Waals surface area contributed by atoms with E-state index >= 15 is 0 Å². The molecule has 2 aromatic rings. The molecule has 0 unspecified atom stereocenters. The highest BCUT2D eigenvalue weighted by Crippen LogP contribution is 2.35. The molecule has 4 nitrogen and oxygen atoms in total. The maximum absolute atomic E-state index is 12.5. The summed E-state index contributed by atoms with van der Waals surface area (Å²) in [6.45, 7) is 11.6. The van der Waals surface area contributed by atoms with Crippen molar-refractivity contribution in [3.8, 4) is 17.2 Å². The van der Waals surface area contributed by atoms with E-state index in [1.165, 1.54) is 18.2 Å². The van der Waals surface area contributed by atoms with Gasteiger partial charge in [-0.25, -0.2) is 0 Å². The molecule has 0 aliphatic rings. The van der Waals surface area contributed by atoms with Crippen LogP contribution in [0.15, 0.2) is 55.1 Å². The Hall–Kier alpha value is -3.01. The van der Waals surface area contributed by atoms with E-state index in [-0.39, 0.29) is 23.7 Å². The molecule has 28 heavy (non-hydrogen) atoms. The number of hydrogen-bond donors (Lipinski definition) is 1. The van der Waals surface area contributed by atoms with Crippen molar-refractivity contribution in [2.24, 2.45) is 0 Å². The molecule has 4 heteroatoms. The number of ether oxygens (including phenoxy) is 2. The van der Waals surface area contributed by atoms with E-state index in [2.05, 4.69) is 6.58 Å². The zero-order chi connectivity index (χ0) is 20.7. The van der Waals surface area contributed by atoms with Gasteiger partial charge in [0.25, 0.3) is 0 Å².